The summed E-state index contributed by atoms with van der Waals surface area (Å²) in [4.78, 5) is 39.8. The lowest BCUT2D eigenvalue weighted by Gasteiger charge is -2.28. The van der Waals surface area contributed by atoms with Crippen molar-refractivity contribution in [1.82, 2.24) is 9.80 Å². The first-order valence-electron chi connectivity index (χ1n) is 12.1. The minimum atomic E-state index is -4.97. The van der Waals surface area contributed by atoms with Crippen LogP contribution in [0, 0.1) is 11.6 Å². The van der Waals surface area contributed by atoms with Crippen LogP contribution in [-0.2, 0) is 24.1 Å². The van der Waals surface area contributed by atoms with Crippen LogP contribution in [-0.4, -0.2) is 40.4 Å². The van der Waals surface area contributed by atoms with E-state index in [4.69, 9.17) is 4.74 Å². The maximum absolute atomic E-state index is 14.2. The van der Waals surface area contributed by atoms with Crippen molar-refractivity contribution in [2.24, 2.45) is 0 Å². The second kappa shape index (κ2) is 10.7. The molecule has 3 aromatic rings. The van der Waals surface area contributed by atoms with Crippen LogP contribution >= 0.6 is 0 Å². The van der Waals surface area contributed by atoms with Crippen LogP contribution in [0.2, 0.25) is 0 Å². The molecule has 41 heavy (non-hydrogen) atoms. The fourth-order valence-corrected chi connectivity index (χ4v) is 4.46. The molecule has 0 aliphatic carbocycles. The Balaban J connectivity index is 1.62. The molecule has 0 aromatic heterocycles. The normalized spacial score (nSPS) is 14.9. The van der Waals surface area contributed by atoms with Gasteiger partial charge < -0.3 is 24.9 Å². The summed E-state index contributed by atoms with van der Waals surface area (Å²) in [6.45, 7) is 2.18. The van der Waals surface area contributed by atoms with Crippen LogP contribution in [0.4, 0.5) is 38.1 Å². The molecule has 216 valence electrons. The Labute approximate surface area is 230 Å². The third-order valence-electron chi connectivity index (χ3n) is 6.68. The lowest BCUT2D eigenvalue weighted by atomic mass is 10.0. The number of anilines is 2. The standard InChI is InChI=1S/C28H24F5N3O5/c1-27(2)25(39)35(13-15-4-9-21(30)20(10-15)28(31,32)33)26(40)36(27)14-16-5-6-17(29)11-22(16)34-18-7-8-19(24(37)38)23(12-18)41-3/h4-12,34H,13-14H2,1-3H3,(H,37,38)/p-1. The molecule has 8 nitrogen and oxygen atoms in total. The molecule has 1 aliphatic rings. The van der Waals surface area contributed by atoms with Gasteiger partial charge in [-0.2, -0.15) is 13.2 Å². The Hall–Kier alpha value is -4.68. The topological polar surface area (TPSA) is 102 Å². The molecule has 0 spiro atoms. The largest absolute Gasteiger partial charge is 0.545 e. The SMILES string of the molecule is COc1cc(Nc2cc(F)ccc2CN2C(=O)N(Cc3ccc(F)c(C(F)(F)F)c3)C(=O)C2(C)C)ccc1C(=O)[O-]. The van der Waals surface area contributed by atoms with Crippen molar-refractivity contribution >= 4 is 29.3 Å². The third-order valence-corrected chi connectivity index (χ3v) is 6.68. The number of urea groups is 1. The van der Waals surface area contributed by atoms with Gasteiger partial charge in [0.25, 0.3) is 5.91 Å². The van der Waals surface area contributed by atoms with Gasteiger partial charge in [0.2, 0.25) is 0 Å². The summed E-state index contributed by atoms with van der Waals surface area (Å²) in [6.07, 6.45) is -4.97. The number of carboxylic acid groups (broad SMARTS) is 1. The molecule has 3 aromatic carbocycles. The smallest absolute Gasteiger partial charge is 0.419 e. The number of methoxy groups -OCH3 is 1. The van der Waals surface area contributed by atoms with E-state index in [0.29, 0.717) is 23.4 Å². The quantitative estimate of drug-likeness (QED) is 0.304. The average Bonchev–Trinajstić information content (AvgIpc) is 3.05. The van der Waals surface area contributed by atoms with Gasteiger partial charge in [-0.1, -0.05) is 12.1 Å². The molecule has 1 fully saturated rings. The predicted octanol–water partition coefficient (Wildman–Crippen LogP) is 4.84. The van der Waals surface area contributed by atoms with E-state index in [1.165, 1.54) is 50.1 Å². The molecule has 1 saturated heterocycles. The van der Waals surface area contributed by atoms with Gasteiger partial charge in [0.1, 0.15) is 22.9 Å². The Morgan fingerprint density at radius 3 is 2.34 bits per heavy atom. The highest BCUT2D eigenvalue weighted by Crippen LogP contribution is 2.36. The molecule has 0 unspecified atom stereocenters. The molecule has 0 bridgehead atoms. The van der Waals surface area contributed by atoms with Crippen LogP contribution in [0.25, 0.3) is 0 Å². The lowest BCUT2D eigenvalue weighted by molar-refractivity contribution is -0.255. The van der Waals surface area contributed by atoms with Gasteiger partial charge in [0.05, 0.1) is 31.7 Å². The molecular formula is C28H23F5N3O5-. The Kier molecular flexibility index (Phi) is 7.66. The summed E-state index contributed by atoms with van der Waals surface area (Å²) < 4.78 is 72.6. The lowest BCUT2D eigenvalue weighted by Crippen LogP contribution is -2.43. The maximum atomic E-state index is 14.2. The van der Waals surface area contributed by atoms with Gasteiger partial charge in [0.15, 0.2) is 0 Å². The molecule has 3 amide bonds. The molecule has 0 radical (unpaired) electrons. The monoisotopic (exact) mass is 576 g/mol. The number of rotatable bonds is 8. The summed E-state index contributed by atoms with van der Waals surface area (Å²) in [5, 5.41) is 14.2. The van der Waals surface area contributed by atoms with Crippen LogP contribution in [0.1, 0.15) is 40.9 Å². The van der Waals surface area contributed by atoms with Crippen LogP contribution < -0.4 is 15.2 Å². The number of benzene rings is 3. The number of nitrogens with one attached hydrogen (secondary N) is 1. The zero-order valence-electron chi connectivity index (χ0n) is 21.9. The van der Waals surface area contributed by atoms with Crippen molar-refractivity contribution in [2.75, 3.05) is 12.4 Å². The highest BCUT2D eigenvalue weighted by atomic mass is 19.4. The van der Waals surface area contributed by atoms with Gasteiger partial charge >= 0.3 is 12.2 Å². The van der Waals surface area contributed by atoms with Crippen molar-refractivity contribution in [2.45, 2.75) is 38.7 Å². The number of hydrogen-bond acceptors (Lipinski definition) is 6. The second-order valence-electron chi connectivity index (χ2n) is 9.76. The molecule has 0 saturated carbocycles. The fraction of sp³-hybridized carbons (Fsp3) is 0.250. The van der Waals surface area contributed by atoms with E-state index in [-0.39, 0.29) is 29.1 Å². The maximum Gasteiger partial charge on any atom is 0.419 e. The van der Waals surface area contributed by atoms with Gasteiger partial charge in [-0.25, -0.2) is 13.6 Å². The number of aromatic carboxylic acids is 1. The van der Waals surface area contributed by atoms with Crippen molar-refractivity contribution in [1.29, 1.82) is 0 Å². The Morgan fingerprint density at radius 2 is 1.71 bits per heavy atom. The van der Waals surface area contributed by atoms with Crippen LogP contribution in [0.15, 0.2) is 54.6 Å². The number of carbonyl (C=O) groups excluding carboxylic acids is 3. The zero-order valence-corrected chi connectivity index (χ0v) is 21.9. The minimum absolute atomic E-state index is 0.0143. The Bertz CT molecular complexity index is 1540. The van der Waals surface area contributed by atoms with E-state index in [9.17, 15) is 41.4 Å². The summed E-state index contributed by atoms with van der Waals surface area (Å²) in [5.74, 6) is -4.28. The van der Waals surface area contributed by atoms with Crippen molar-refractivity contribution in [3.8, 4) is 5.75 Å². The van der Waals surface area contributed by atoms with Crippen molar-refractivity contribution in [3.05, 3.63) is 88.5 Å². The average molecular weight is 576 g/mol. The molecule has 13 heteroatoms. The first-order valence-corrected chi connectivity index (χ1v) is 12.1. The van der Waals surface area contributed by atoms with Gasteiger partial charge in [-0.05, 0) is 61.4 Å². The first-order chi connectivity index (χ1) is 19.1. The summed E-state index contributed by atoms with van der Waals surface area (Å²) in [7, 11) is 1.26. The first kappa shape index (κ1) is 29.3. The number of ether oxygens (including phenoxy) is 1. The number of carbonyl (C=O) groups is 3. The predicted molar refractivity (Wildman–Crippen MR) is 134 cm³/mol. The number of amides is 3. The van der Waals surface area contributed by atoms with E-state index in [1.807, 2.05) is 0 Å². The summed E-state index contributed by atoms with van der Waals surface area (Å²) >= 11 is 0. The van der Waals surface area contributed by atoms with Crippen molar-refractivity contribution < 1.29 is 46.2 Å². The Morgan fingerprint density at radius 1 is 1.00 bits per heavy atom. The minimum Gasteiger partial charge on any atom is -0.545 e. The van der Waals surface area contributed by atoms with Gasteiger partial charge in [0, 0.05) is 23.0 Å². The van der Waals surface area contributed by atoms with Crippen LogP contribution in [0.5, 0.6) is 5.75 Å². The fourth-order valence-electron chi connectivity index (χ4n) is 4.46. The summed E-state index contributed by atoms with van der Waals surface area (Å²) in [6, 6.07) is 9.07. The number of halogens is 5. The van der Waals surface area contributed by atoms with E-state index < -0.39 is 53.4 Å². The van der Waals surface area contributed by atoms with E-state index in [0.717, 1.165) is 23.1 Å². The molecule has 1 aliphatic heterocycles. The van der Waals surface area contributed by atoms with E-state index in [1.54, 1.807) is 0 Å². The number of imide groups is 1. The number of carboxylic acids is 1. The second-order valence-corrected chi connectivity index (χ2v) is 9.76. The number of hydrogen-bond donors (Lipinski definition) is 1. The molecule has 4 rings (SSSR count). The van der Waals surface area contributed by atoms with Gasteiger partial charge in [-0.3, -0.25) is 9.69 Å². The van der Waals surface area contributed by atoms with E-state index >= 15 is 0 Å². The highest BCUT2D eigenvalue weighted by Gasteiger charge is 2.51. The highest BCUT2D eigenvalue weighted by molar-refractivity contribution is 6.06. The van der Waals surface area contributed by atoms with Crippen molar-refractivity contribution in [3.63, 3.8) is 0 Å². The van der Waals surface area contributed by atoms with E-state index in [2.05, 4.69) is 5.32 Å². The number of nitrogens with zero attached hydrogens (tertiary/aromatic N) is 2. The third kappa shape index (κ3) is 5.79. The van der Waals surface area contributed by atoms with Crippen LogP contribution in [0.3, 0.4) is 0 Å². The zero-order chi connectivity index (χ0) is 30.3. The van der Waals surface area contributed by atoms with Gasteiger partial charge in [-0.15, -0.1) is 0 Å². The molecular weight excluding hydrogens is 553 g/mol. The molecule has 1 heterocycles. The number of alkyl halides is 3. The molecule has 1 N–H and O–H groups in total. The molecule has 0 atom stereocenters. The summed E-state index contributed by atoms with van der Waals surface area (Å²) in [5.41, 5.74) is -2.38.